The second-order valence-electron chi connectivity index (χ2n) is 5.68. The Morgan fingerprint density at radius 2 is 1.85 bits per heavy atom. The number of methoxy groups -OCH3 is 1. The lowest BCUT2D eigenvalue weighted by molar-refractivity contribution is -0.149. The Bertz CT molecular complexity index is 325. The molecule has 1 fully saturated rings. The van der Waals surface area contributed by atoms with Crippen LogP contribution in [0, 0.1) is 5.41 Å². The Morgan fingerprint density at radius 1 is 1.25 bits per heavy atom. The van der Waals surface area contributed by atoms with Crippen molar-refractivity contribution in [1.29, 1.82) is 0 Å². The van der Waals surface area contributed by atoms with Gasteiger partial charge in [0.25, 0.3) is 0 Å². The summed E-state index contributed by atoms with van der Waals surface area (Å²) in [6.45, 7) is 2.45. The van der Waals surface area contributed by atoms with Crippen LogP contribution < -0.4 is 10.6 Å². The average Bonchev–Trinajstić information content (AvgIpc) is 2.63. The lowest BCUT2D eigenvalue weighted by atomic mass is 9.80. The van der Waals surface area contributed by atoms with Gasteiger partial charge in [0, 0.05) is 13.7 Å². The summed E-state index contributed by atoms with van der Waals surface area (Å²) >= 11 is 0. The maximum absolute atomic E-state index is 11.8. The SMILES string of the molecule is COCC(C)NC(=O)NCC1(C(=O)O)CCCCCC1. The van der Waals surface area contributed by atoms with Gasteiger partial charge in [-0.1, -0.05) is 25.7 Å². The monoisotopic (exact) mass is 286 g/mol. The van der Waals surface area contributed by atoms with Crippen LogP contribution >= 0.6 is 0 Å². The minimum Gasteiger partial charge on any atom is -0.481 e. The van der Waals surface area contributed by atoms with Gasteiger partial charge in [0.15, 0.2) is 0 Å². The highest BCUT2D eigenvalue weighted by molar-refractivity contribution is 5.78. The maximum atomic E-state index is 11.8. The van der Waals surface area contributed by atoms with Crippen LogP contribution in [0.3, 0.4) is 0 Å². The predicted octanol–water partition coefficient (Wildman–Crippen LogP) is 1.75. The van der Waals surface area contributed by atoms with Gasteiger partial charge in [0.2, 0.25) is 0 Å². The second kappa shape index (κ2) is 8.09. The van der Waals surface area contributed by atoms with Crippen molar-refractivity contribution in [2.75, 3.05) is 20.3 Å². The van der Waals surface area contributed by atoms with Gasteiger partial charge in [-0.25, -0.2) is 4.79 Å². The van der Waals surface area contributed by atoms with Gasteiger partial charge in [0.1, 0.15) is 0 Å². The lowest BCUT2D eigenvalue weighted by Gasteiger charge is -2.28. The molecule has 0 bridgehead atoms. The van der Waals surface area contributed by atoms with Crippen LogP contribution in [0.25, 0.3) is 0 Å². The number of carbonyl (C=O) groups is 2. The van der Waals surface area contributed by atoms with Gasteiger partial charge in [-0.2, -0.15) is 0 Å². The second-order valence-corrected chi connectivity index (χ2v) is 5.68. The Hall–Kier alpha value is -1.30. The molecule has 3 N–H and O–H groups in total. The third-order valence-electron chi connectivity index (χ3n) is 3.90. The van der Waals surface area contributed by atoms with Crippen LogP contribution in [-0.4, -0.2) is 43.4 Å². The average molecular weight is 286 g/mol. The van der Waals surface area contributed by atoms with Crippen molar-refractivity contribution in [3.8, 4) is 0 Å². The van der Waals surface area contributed by atoms with E-state index in [-0.39, 0.29) is 18.6 Å². The zero-order valence-corrected chi connectivity index (χ0v) is 12.4. The van der Waals surface area contributed by atoms with Crippen LogP contribution in [0.15, 0.2) is 0 Å². The molecular weight excluding hydrogens is 260 g/mol. The zero-order valence-electron chi connectivity index (χ0n) is 12.4. The van der Waals surface area contributed by atoms with E-state index in [2.05, 4.69) is 10.6 Å². The third-order valence-corrected chi connectivity index (χ3v) is 3.90. The van der Waals surface area contributed by atoms with Crippen LogP contribution in [0.1, 0.15) is 45.4 Å². The number of amides is 2. The summed E-state index contributed by atoms with van der Waals surface area (Å²) in [6, 6.07) is -0.436. The molecule has 0 radical (unpaired) electrons. The molecule has 1 aliphatic carbocycles. The Labute approximate surface area is 120 Å². The number of carboxylic acids is 1. The Balaban J connectivity index is 2.50. The molecule has 0 aromatic carbocycles. The summed E-state index contributed by atoms with van der Waals surface area (Å²) in [5, 5.41) is 14.9. The molecule has 6 heteroatoms. The Kier molecular flexibility index (Phi) is 6.78. The van der Waals surface area contributed by atoms with E-state index >= 15 is 0 Å². The molecule has 0 aromatic heterocycles. The molecule has 20 heavy (non-hydrogen) atoms. The highest BCUT2D eigenvalue weighted by Crippen LogP contribution is 2.34. The summed E-state index contributed by atoms with van der Waals surface area (Å²) in [5.74, 6) is -0.801. The van der Waals surface area contributed by atoms with E-state index in [0.717, 1.165) is 25.7 Å². The van der Waals surface area contributed by atoms with E-state index in [1.54, 1.807) is 7.11 Å². The highest BCUT2D eigenvalue weighted by atomic mass is 16.5. The van der Waals surface area contributed by atoms with E-state index < -0.39 is 11.4 Å². The first-order chi connectivity index (χ1) is 9.50. The molecule has 0 saturated heterocycles. The van der Waals surface area contributed by atoms with Crippen LogP contribution in [0.5, 0.6) is 0 Å². The number of hydrogen-bond acceptors (Lipinski definition) is 3. The van der Waals surface area contributed by atoms with E-state index in [4.69, 9.17) is 4.74 Å². The fourth-order valence-electron chi connectivity index (χ4n) is 2.69. The van der Waals surface area contributed by atoms with Gasteiger partial charge in [-0.3, -0.25) is 4.79 Å². The van der Waals surface area contributed by atoms with E-state index in [1.165, 1.54) is 0 Å². The molecular formula is C14H26N2O4. The van der Waals surface area contributed by atoms with Crippen molar-refractivity contribution in [1.82, 2.24) is 10.6 Å². The van der Waals surface area contributed by atoms with Crippen molar-refractivity contribution in [2.45, 2.75) is 51.5 Å². The molecule has 0 spiro atoms. The summed E-state index contributed by atoms with van der Waals surface area (Å²) in [4.78, 5) is 23.3. The smallest absolute Gasteiger partial charge is 0.315 e. The molecule has 2 amide bonds. The fraction of sp³-hybridized carbons (Fsp3) is 0.857. The van der Waals surface area contributed by atoms with Gasteiger partial charge in [-0.15, -0.1) is 0 Å². The van der Waals surface area contributed by atoms with E-state index in [0.29, 0.717) is 19.4 Å². The molecule has 1 saturated carbocycles. The predicted molar refractivity (Wildman–Crippen MR) is 75.6 cm³/mol. The number of carboxylic acid groups (broad SMARTS) is 1. The first-order valence-electron chi connectivity index (χ1n) is 7.27. The normalized spacial score (nSPS) is 19.7. The quantitative estimate of drug-likeness (QED) is 0.649. The minimum atomic E-state index is -0.807. The number of nitrogens with one attached hydrogen (secondary N) is 2. The van der Waals surface area contributed by atoms with Gasteiger partial charge >= 0.3 is 12.0 Å². The zero-order chi connectivity index (χ0) is 15.0. The number of rotatable bonds is 6. The number of carbonyl (C=O) groups excluding carboxylic acids is 1. The first kappa shape index (κ1) is 16.8. The number of hydrogen-bond donors (Lipinski definition) is 3. The molecule has 0 aromatic rings. The van der Waals surface area contributed by atoms with E-state index in [1.807, 2.05) is 6.92 Å². The van der Waals surface area contributed by atoms with Crippen LogP contribution in [0.4, 0.5) is 4.79 Å². The largest absolute Gasteiger partial charge is 0.481 e. The molecule has 116 valence electrons. The molecule has 0 aliphatic heterocycles. The van der Waals surface area contributed by atoms with E-state index in [9.17, 15) is 14.7 Å². The van der Waals surface area contributed by atoms with Crippen LogP contribution in [0.2, 0.25) is 0 Å². The third kappa shape index (κ3) is 5.00. The lowest BCUT2D eigenvalue weighted by Crippen LogP contribution is -2.48. The van der Waals surface area contributed by atoms with Crippen molar-refractivity contribution in [2.24, 2.45) is 5.41 Å². The van der Waals surface area contributed by atoms with Crippen molar-refractivity contribution in [3.63, 3.8) is 0 Å². The topological polar surface area (TPSA) is 87.7 Å². The van der Waals surface area contributed by atoms with Crippen molar-refractivity contribution < 1.29 is 19.4 Å². The minimum absolute atomic E-state index is 0.102. The van der Waals surface area contributed by atoms with Gasteiger partial charge < -0.3 is 20.5 Å². The fourth-order valence-corrected chi connectivity index (χ4v) is 2.69. The first-order valence-corrected chi connectivity index (χ1v) is 7.27. The summed E-state index contributed by atoms with van der Waals surface area (Å²) in [7, 11) is 1.57. The molecule has 6 nitrogen and oxygen atoms in total. The standard InChI is InChI=1S/C14H26N2O4/c1-11(9-20-2)16-13(19)15-10-14(12(17)18)7-5-3-4-6-8-14/h11H,3-10H2,1-2H3,(H,17,18)(H2,15,16,19). The maximum Gasteiger partial charge on any atom is 0.315 e. The summed E-state index contributed by atoms with van der Waals surface area (Å²) < 4.78 is 4.94. The number of aliphatic carboxylic acids is 1. The van der Waals surface area contributed by atoms with Gasteiger partial charge in [-0.05, 0) is 19.8 Å². The summed E-state index contributed by atoms with van der Waals surface area (Å²) in [5.41, 5.74) is -0.807. The van der Waals surface area contributed by atoms with Crippen molar-refractivity contribution >= 4 is 12.0 Å². The van der Waals surface area contributed by atoms with Crippen molar-refractivity contribution in [3.05, 3.63) is 0 Å². The number of urea groups is 1. The van der Waals surface area contributed by atoms with Crippen LogP contribution in [-0.2, 0) is 9.53 Å². The Morgan fingerprint density at radius 3 is 2.35 bits per heavy atom. The highest BCUT2D eigenvalue weighted by Gasteiger charge is 2.38. The molecule has 1 aliphatic rings. The molecule has 1 atom stereocenters. The number of ether oxygens (including phenoxy) is 1. The molecule has 0 heterocycles. The van der Waals surface area contributed by atoms with Gasteiger partial charge in [0.05, 0.1) is 18.1 Å². The summed E-state index contributed by atoms with van der Waals surface area (Å²) in [6.07, 6.45) is 5.25. The molecule has 1 rings (SSSR count). The molecule has 1 unspecified atom stereocenters.